The Morgan fingerprint density at radius 3 is 2.80 bits per heavy atom. The molecule has 80 valence electrons. The van der Waals surface area contributed by atoms with Gasteiger partial charge < -0.3 is 9.64 Å². The third-order valence-corrected chi connectivity index (χ3v) is 2.56. The molecule has 15 heavy (non-hydrogen) atoms. The molecular weight excluding hydrogens is 197 g/mol. The number of hydrogen-bond acceptors (Lipinski definition) is 2. The van der Waals surface area contributed by atoms with Gasteiger partial charge in [-0.3, -0.25) is 4.79 Å². The standard InChI is InChI=1S/C11H12FNO2/c1-13(10-6-15-7-10)11(14)8-3-2-4-9(12)5-8/h2-5,10H,6-7H2,1H3. The van der Waals surface area contributed by atoms with Crippen molar-refractivity contribution in [3.8, 4) is 0 Å². The SMILES string of the molecule is CN(C(=O)c1cccc(F)c1)C1COC1. The Morgan fingerprint density at radius 1 is 1.53 bits per heavy atom. The highest BCUT2D eigenvalue weighted by Gasteiger charge is 2.27. The average molecular weight is 209 g/mol. The molecule has 1 aromatic rings. The molecule has 0 radical (unpaired) electrons. The first-order valence-corrected chi connectivity index (χ1v) is 4.79. The third-order valence-electron chi connectivity index (χ3n) is 2.56. The van der Waals surface area contributed by atoms with Gasteiger partial charge in [0.1, 0.15) is 5.82 Å². The number of likely N-dealkylation sites (N-methyl/N-ethyl adjacent to an activating group) is 1. The van der Waals surface area contributed by atoms with E-state index in [1.54, 1.807) is 18.0 Å². The largest absolute Gasteiger partial charge is 0.377 e. The highest BCUT2D eigenvalue weighted by atomic mass is 19.1. The van der Waals surface area contributed by atoms with Crippen LogP contribution in [0.3, 0.4) is 0 Å². The number of nitrogens with zero attached hydrogens (tertiary/aromatic N) is 1. The fourth-order valence-electron chi connectivity index (χ4n) is 1.44. The van der Waals surface area contributed by atoms with Crippen LogP contribution in [0.2, 0.25) is 0 Å². The smallest absolute Gasteiger partial charge is 0.254 e. The van der Waals surface area contributed by atoms with Crippen LogP contribution >= 0.6 is 0 Å². The zero-order valence-corrected chi connectivity index (χ0v) is 8.44. The number of carbonyl (C=O) groups is 1. The molecule has 0 N–H and O–H groups in total. The number of rotatable bonds is 2. The molecule has 0 spiro atoms. The lowest BCUT2D eigenvalue weighted by Gasteiger charge is -2.34. The summed E-state index contributed by atoms with van der Waals surface area (Å²) in [5.74, 6) is -0.554. The zero-order chi connectivity index (χ0) is 10.8. The highest BCUT2D eigenvalue weighted by Crippen LogP contribution is 2.13. The van der Waals surface area contributed by atoms with Gasteiger partial charge in [0.05, 0.1) is 19.3 Å². The molecule has 1 aliphatic rings. The van der Waals surface area contributed by atoms with Crippen LogP contribution in [-0.2, 0) is 4.74 Å². The van der Waals surface area contributed by atoms with Crippen LogP contribution in [-0.4, -0.2) is 37.1 Å². The third kappa shape index (κ3) is 1.99. The van der Waals surface area contributed by atoms with Crippen LogP contribution in [0.25, 0.3) is 0 Å². The van der Waals surface area contributed by atoms with Crippen molar-refractivity contribution in [3.05, 3.63) is 35.6 Å². The first-order valence-electron chi connectivity index (χ1n) is 4.79. The normalized spacial score (nSPS) is 15.9. The van der Waals surface area contributed by atoms with Crippen molar-refractivity contribution < 1.29 is 13.9 Å². The Morgan fingerprint density at radius 2 is 2.27 bits per heavy atom. The fourth-order valence-corrected chi connectivity index (χ4v) is 1.44. The summed E-state index contributed by atoms with van der Waals surface area (Å²) in [5.41, 5.74) is 0.379. The minimum absolute atomic E-state index is 0.126. The van der Waals surface area contributed by atoms with Crippen LogP contribution < -0.4 is 0 Å². The van der Waals surface area contributed by atoms with E-state index in [0.717, 1.165) is 0 Å². The molecule has 1 saturated heterocycles. The molecule has 0 aliphatic carbocycles. The van der Waals surface area contributed by atoms with Gasteiger partial charge >= 0.3 is 0 Å². The van der Waals surface area contributed by atoms with E-state index in [1.807, 2.05) is 0 Å². The minimum atomic E-state index is -0.390. The highest BCUT2D eigenvalue weighted by molar-refractivity contribution is 5.94. The molecule has 1 amide bonds. The molecule has 0 saturated carbocycles. The van der Waals surface area contributed by atoms with E-state index >= 15 is 0 Å². The summed E-state index contributed by atoms with van der Waals surface area (Å²) in [4.78, 5) is 13.4. The Hall–Kier alpha value is -1.42. The molecule has 2 rings (SSSR count). The Kier molecular flexibility index (Phi) is 2.68. The summed E-state index contributed by atoms with van der Waals surface area (Å²) in [6.07, 6.45) is 0. The van der Waals surface area contributed by atoms with Crippen LogP contribution in [0.15, 0.2) is 24.3 Å². The number of amides is 1. The zero-order valence-electron chi connectivity index (χ0n) is 8.44. The predicted molar refractivity (Wildman–Crippen MR) is 53.1 cm³/mol. The van der Waals surface area contributed by atoms with Gasteiger partial charge in [0.15, 0.2) is 0 Å². The molecule has 1 aromatic carbocycles. The van der Waals surface area contributed by atoms with Crippen LogP contribution in [0.1, 0.15) is 10.4 Å². The van der Waals surface area contributed by atoms with E-state index in [2.05, 4.69) is 0 Å². The monoisotopic (exact) mass is 209 g/mol. The lowest BCUT2D eigenvalue weighted by atomic mass is 10.1. The van der Waals surface area contributed by atoms with E-state index < -0.39 is 0 Å². The van der Waals surface area contributed by atoms with E-state index in [-0.39, 0.29) is 17.8 Å². The maximum absolute atomic E-state index is 12.9. The summed E-state index contributed by atoms with van der Waals surface area (Å²) >= 11 is 0. The molecule has 0 bridgehead atoms. The minimum Gasteiger partial charge on any atom is -0.377 e. The van der Waals surface area contributed by atoms with E-state index in [4.69, 9.17) is 4.74 Å². The van der Waals surface area contributed by atoms with Gasteiger partial charge in [-0.2, -0.15) is 0 Å². The molecule has 0 unspecified atom stereocenters. The van der Waals surface area contributed by atoms with Crippen LogP contribution in [0.5, 0.6) is 0 Å². The quantitative estimate of drug-likeness (QED) is 0.734. The molecule has 0 aromatic heterocycles. The lowest BCUT2D eigenvalue weighted by Crippen LogP contribution is -2.49. The summed E-state index contributed by atoms with van der Waals surface area (Å²) in [7, 11) is 1.71. The first-order chi connectivity index (χ1) is 7.18. The summed E-state index contributed by atoms with van der Waals surface area (Å²) < 4.78 is 17.9. The topological polar surface area (TPSA) is 29.5 Å². The summed E-state index contributed by atoms with van der Waals surface area (Å²) in [6, 6.07) is 5.84. The Bertz CT molecular complexity index is 377. The van der Waals surface area contributed by atoms with Crippen molar-refractivity contribution in [1.82, 2.24) is 4.90 Å². The van der Waals surface area contributed by atoms with Crippen molar-refractivity contribution in [3.63, 3.8) is 0 Å². The van der Waals surface area contributed by atoms with Crippen LogP contribution in [0, 0.1) is 5.82 Å². The fraction of sp³-hybridized carbons (Fsp3) is 0.364. The van der Waals surface area contributed by atoms with Crippen molar-refractivity contribution in [2.75, 3.05) is 20.3 Å². The first kappa shape index (κ1) is 10.1. The van der Waals surface area contributed by atoms with Crippen molar-refractivity contribution >= 4 is 5.91 Å². The molecular formula is C11H12FNO2. The molecule has 1 heterocycles. The molecule has 3 nitrogen and oxygen atoms in total. The molecule has 1 fully saturated rings. The van der Waals surface area contributed by atoms with Gasteiger partial charge in [-0.25, -0.2) is 4.39 Å². The van der Waals surface area contributed by atoms with Gasteiger partial charge in [0.2, 0.25) is 0 Å². The van der Waals surface area contributed by atoms with E-state index in [9.17, 15) is 9.18 Å². The average Bonchev–Trinajstić information content (AvgIpc) is 2.14. The second kappa shape index (κ2) is 3.98. The number of carbonyl (C=O) groups excluding carboxylic acids is 1. The second-order valence-corrected chi connectivity index (χ2v) is 3.62. The maximum Gasteiger partial charge on any atom is 0.254 e. The van der Waals surface area contributed by atoms with Gasteiger partial charge in [-0.1, -0.05) is 6.07 Å². The van der Waals surface area contributed by atoms with E-state index in [0.29, 0.717) is 18.8 Å². The van der Waals surface area contributed by atoms with Gasteiger partial charge in [0, 0.05) is 12.6 Å². The number of halogens is 1. The molecule has 0 atom stereocenters. The lowest BCUT2D eigenvalue weighted by molar-refractivity contribution is -0.0467. The maximum atomic E-state index is 12.9. The number of hydrogen-bond donors (Lipinski definition) is 0. The molecule has 1 aliphatic heterocycles. The summed E-state index contributed by atoms with van der Waals surface area (Å²) in [6.45, 7) is 1.13. The van der Waals surface area contributed by atoms with Crippen molar-refractivity contribution in [2.24, 2.45) is 0 Å². The van der Waals surface area contributed by atoms with Crippen LogP contribution in [0.4, 0.5) is 4.39 Å². The predicted octanol–water partition coefficient (Wildman–Crippen LogP) is 1.30. The van der Waals surface area contributed by atoms with Crippen molar-refractivity contribution in [2.45, 2.75) is 6.04 Å². The Labute approximate surface area is 87.5 Å². The van der Waals surface area contributed by atoms with Gasteiger partial charge in [-0.05, 0) is 18.2 Å². The number of benzene rings is 1. The van der Waals surface area contributed by atoms with E-state index in [1.165, 1.54) is 18.2 Å². The Balaban J connectivity index is 2.12. The van der Waals surface area contributed by atoms with Crippen molar-refractivity contribution in [1.29, 1.82) is 0 Å². The number of ether oxygens (including phenoxy) is 1. The van der Waals surface area contributed by atoms with Gasteiger partial charge in [-0.15, -0.1) is 0 Å². The molecule has 4 heteroatoms. The second-order valence-electron chi connectivity index (χ2n) is 3.62. The summed E-state index contributed by atoms with van der Waals surface area (Å²) in [5, 5.41) is 0. The van der Waals surface area contributed by atoms with Gasteiger partial charge in [0.25, 0.3) is 5.91 Å².